The van der Waals surface area contributed by atoms with Gasteiger partial charge in [0.2, 0.25) is 0 Å². The lowest BCUT2D eigenvalue weighted by atomic mass is 9.66. The van der Waals surface area contributed by atoms with Gasteiger partial charge in [-0.15, -0.1) is 0 Å². The number of Topliss-reactive ketones (excluding diaryl/α,β-unsaturated/α-hetero) is 1. The zero-order valence-corrected chi connectivity index (χ0v) is 13.1. The average molecular weight is 327 g/mol. The number of benzene rings is 1. The van der Waals surface area contributed by atoms with Gasteiger partial charge in [-0.2, -0.15) is 0 Å². The second kappa shape index (κ2) is 8.74. The van der Waals surface area contributed by atoms with Crippen molar-refractivity contribution in [3.05, 3.63) is 35.4 Å². The van der Waals surface area contributed by atoms with E-state index in [-0.39, 0.29) is 12.3 Å². The van der Waals surface area contributed by atoms with Gasteiger partial charge in [0.05, 0.1) is 12.1 Å². The number of hydrogen-bond acceptors (Lipinski definition) is 4. The molecule has 0 radical (unpaired) electrons. The average Bonchev–Trinajstić information content (AvgIpc) is 2.46. The molecule has 0 aliphatic carbocycles. The first-order valence-electron chi connectivity index (χ1n) is 7.31. The first-order valence-corrected chi connectivity index (χ1v) is 7.31. The third kappa shape index (κ3) is 6.46. The zero-order valence-electron chi connectivity index (χ0n) is 13.1. The molecule has 1 atom stereocenters. The van der Waals surface area contributed by atoms with E-state index in [1.807, 2.05) is 13.8 Å². The fourth-order valence-corrected chi connectivity index (χ4v) is 2.23. The summed E-state index contributed by atoms with van der Waals surface area (Å²) in [7, 11) is -1.63. The first kappa shape index (κ1) is 19.3. The van der Waals surface area contributed by atoms with Gasteiger partial charge < -0.3 is 15.4 Å². The number of ketones is 1. The molecular formula is C15H20BF2NO4. The van der Waals surface area contributed by atoms with Gasteiger partial charge in [0.25, 0.3) is 5.91 Å². The Hall–Kier alpha value is -1.80. The minimum Gasteiger partial charge on any atom is -0.427 e. The number of nitrogens with one attached hydrogen (secondary N) is 1. The minimum absolute atomic E-state index is 0.123. The number of rotatable bonds is 8. The molecule has 0 fully saturated rings. The van der Waals surface area contributed by atoms with Gasteiger partial charge in [-0.05, 0) is 30.5 Å². The maximum absolute atomic E-state index is 13.4. The summed E-state index contributed by atoms with van der Waals surface area (Å²) < 4.78 is 26.4. The highest BCUT2D eigenvalue weighted by atomic mass is 19.1. The number of carbonyl (C=O) groups excluding carboxylic acids is 2. The number of hydrogen-bond donors (Lipinski definition) is 3. The quantitative estimate of drug-likeness (QED) is 0.632. The molecule has 126 valence electrons. The molecule has 0 aromatic heterocycles. The maximum atomic E-state index is 13.4. The van der Waals surface area contributed by atoms with E-state index in [0.717, 1.165) is 18.2 Å². The predicted molar refractivity (Wildman–Crippen MR) is 81.7 cm³/mol. The third-order valence-corrected chi connectivity index (χ3v) is 3.30. The molecule has 0 aliphatic rings. The molecule has 0 unspecified atom stereocenters. The summed E-state index contributed by atoms with van der Waals surface area (Å²) in [5.74, 6) is -3.44. The Morgan fingerprint density at radius 2 is 1.91 bits per heavy atom. The SMILES string of the molecule is CC(C)C[C@H](CC(=O)CNC(=O)c1cc(F)ccc1F)B(O)O. The molecular weight excluding hydrogens is 307 g/mol. The van der Waals surface area contributed by atoms with Gasteiger partial charge in [0.15, 0.2) is 5.78 Å². The van der Waals surface area contributed by atoms with Crippen LogP contribution in [-0.2, 0) is 4.79 Å². The lowest BCUT2D eigenvalue weighted by Crippen LogP contribution is -2.32. The molecule has 0 bridgehead atoms. The molecule has 8 heteroatoms. The summed E-state index contributed by atoms with van der Waals surface area (Å²) >= 11 is 0. The summed E-state index contributed by atoms with van der Waals surface area (Å²) in [5.41, 5.74) is -0.487. The molecule has 0 heterocycles. The van der Waals surface area contributed by atoms with Gasteiger partial charge in [0, 0.05) is 12.2 Å². The fourth-order valence-electron chi connectivity index (χ4n) is 2.23. The van der Waals surface area contributed by atoms with Crippen LogP contribution in [0.2, 0.25) is 5.82 Å². The molecule has 1 rings (SSSR count). The van der Waals surface area contributed by atoms with Crippen LogP contribution in [-0.4, -0.2) is 35.4 Å². The van der Waals surface area contributed by atoms with E-state index in [1.165, 1.54) is 0 Å². The second-order valence-electron chi connectivity index (χ2n) is 5.85. The summed E-state index contributed by atoms with van der Waals surface area (Å²) in [4.78, 5) is 23.6. The summed E-state index contributed by atoms with van der Waals surface area (Å²) in [6.07, 6.45) is 0.317. The summed E-state index contributed by atoms with van der Waals surface area (Å²) in [6, 6.07) is 2.46. The lowest BCUT2D eigenvalue weighted by Gasteiger charge is -2.17. The highest BCUT2D eigenvalue weighted by Crippen LogP contribution is 2.23. The molecule has 23 heavy (non-hydrogen) atoms. The predicted octanol–water partition coefficient (Wildman–Crippen LogP) is 1.54. The van der Waals surface area contributed by atoms with Crippen molar-refractivity contribution < 1.29 is 28.4 Å². The van der Waals surface area contributed by atoms with Crippen molar-refractivity contribution in [1.29, 1.82) is 0 Å². The monoisotopic (exact) mass is 327 g/mol. The maximum Gasteiger partial charge on any atom is 0.455 e. The Morgan fingerprint density at radius 3 is 2.48 bits per heavy atom. The van der Waals surface area contributed by atoms with Crippen LogP contribution in [0.4, 0.5) is 8.78 Å². The van der Waals surface area contributed by atoms with E-state index in [4.69, 9.17) is 0 Å². The van der Waals surface area contributed by atoms with Gasteiger partial charge >= 0.3 is 7.12 Å². The van der Waals surface area contributed by atoms with Crippen LogP contribution >= 0.6 is 0 Å². The van der Waals surface area contributed by atoms with Crippen molar-refractivity contribution >= 4 is 18.8 Å². The van der Waals surface area contributed by atoms with E-state index in [9.17, 15) is 28.4 Å². The van der Waals surface area contributed by atoms with E-state index >= 15 is 0 Å². The smallest absolute Gasteiger partial charge is 0.427 e. The summed E-state index contributed by atoms with van der Waals surface area (Å²) in [5, 5.41) is 20.7. The molecule has 3 N–H and O–H groups in total. The van der Waals surface area contributed by atoms with Crippen LogP contribution in [0.15, 0.2) is 18.2 Å². The van der Waals surface area contributed by atoms with Crippen LogP contribution < -0.4 is 5.32 Å². The van der Waals surface area contributed by atoms with E-state index in [0.29, 0.717) is 6.42 Å². The van der Waals surface area contributed by atoms with E-state index < -0.39 is 48.4 Å². The second-order valence-corrected chi connectivity index (χ2v) is 5.85. The van der Waals surface area contributed by atoms with Crippen molar-refractivity contribution in [3.8, 4) is 0 Å². The Labute approximate surface area is 133 Å². The Bertz CT molecular complexity index is 566. The Kier molecular flexibility index (Phi) is 7.31. The highest BCUT2D eigenvalue weighted by Gasteiger charge is 2.26. The largest absolute Gasteiger partial charge is 0.455 e. The zero-order chi connectivity index (χ0) is 17.6. The topological polar surface area (TPSA) is 86.6 Å². The number of halogens is 2. The third-order valence-electron chi connectivity index (χ3n) is 3.30. The minimum atomic E-state index is -1.63. The standard InChI is InChI=1S/C15H20BF2NO4/c1-9(2)5-10(16(22)23)6-12(20)8-19-15(21)13-7-11(17)3-4-14(13)18/h3-4,7,9-10,22-23H,5-6,8H2,1-2H3,(H,19,21)/t10-/m1/s1. The van der Waals surface area contributed by atoms with Crippen molar-refractivity contribution in [1.82, 2.24) is 5.32 Å². The number of amides is 1. The molecule has 0 saturated carbocycles. The van der Waals surface area contributed by atoms with E-state index in [2.05, 4.69) is 5.32 Å². The highest BCUT2D eigenvalue weighted by molar-refractivity contribution is 6.43. The van der Waals surface area contributed by atoms with Crippen LogP contribution in [0.5, 0.6) is 0 Å². The molecule has 1 aromatic carbocycles. The van der Waals surface area contributed by atoms with Crippen LogP contribution in [0.25, 0.3) is 0 Å². The molecule has 5 nitrogen and oxygen atoms in total. The summed E-state index contributed by atoms with van der Waals surface area (Å²) in [6.45, 7) is 3.37. The van der Waals surface area contributed by atoms with Crippen molar-refractivity contribution in [3.63, 3.8) is 0 Å². The van der Waals surface area contributed by atoms with Crippen molar-refractivity contribution in [2.45, 2.75) is 32.5 Å². The first-order chi connectivity index (χ1) is 10.7. The number of carbonyl (C=O) groups is 2. The van der Waals surface area contributed by atoms with Gasteiger partial charge in [-0.25, -0.2) is 8.78 Å². The van der Waals surface area contributed by atoms with Crippen LogP contribution in [0.3, 0.4) is 0 Å². The van der Waals surface area contributed by atoms with E-state index in [1.54, 1.807) is 0 Å². The Morgan fingerprint density at radius 1 is 1.26 bits per heavy atom. The lowest BCUT2D eigenvalue weighted by molar-refractivity contribution is -0.118. The fraction of sp³-hybridized carbons (Fsp3) is 0.467. The van der Waals surface area contributed by atoms with Crippen LogP contribution in [0.1, 0.15) is 37.0 Å². The molecule has 0 saturated heterocycles. The van der Waals surface area contributed by atoms with Gasteiger partial charge in [-0.3, -0.25) is 9.59 Å². The van der Waals surface area contributed by atoms with Gasteiger partial charge in [-0.1, -0.05) is 13.8 Å². The normalized spacial score (nSPS) is 12.1. The van der Waals surface area contributed by atoms with Crippen molar-refractivity contribution in [2.75, 3.05) is 6.54 Å². The Balaban J connectivity index is 2.58. The van der Waals surface area contributed by atoms with Crippen molar-refractivity contribution in [2.24, 2.45) is 5.92 Å². The molecule has 1 aromatic rings. The molecule has 1 amide bonds. The molecule has 0 aliphatic heterocycles. The van der Waals surface area contributed by atoms with Gasteiger partial charge in [0.1, 0.15) is 11.6 Å². The molecule has 0 spiro atoms. The van der Waals surface area contributed by atoms with Crippen LogP contribution in [0, 0.1) is 17.6 Å².